The number of hydrogen-bond donors (Lipinski definition) is 9. The Labute approximate surface area is 187 Å². The molecular weight excluding hydrogens is 456 g/mol. The maximum atomic E-state index is 10.7. The molecule has 4 fully saturated rings. The van der Waals surface area contributed by atoms with Gasteiger partial charge in [-0.3, -0.25) is 0 Å². The molecule has 0 aromatic carbocycles. The van der Waals surface area contributed by atoms with Crippen LogP contribution in [0.4, 0.5) is 0 Å². The smallest absolute Gasteiger partial charge is 0.187 e. The predicted octanol–water partition coefficient (Wildman–Crippen LogP) is -6.53. The normalized spacial score (nSPS) is 55.0. The van der Waals surface area contributed by atoms with Crippen LogP contribution >= 0.6 is 0 Å². The number of hydrogen-bond acceptors (Lipinski definition) is 15. The highest BCUT2D eigenvalue weighted by molar-refractivity contribution is 4.99. The molecule has 4 rings (SSSR count). The number of rotatable bonds is 6. The van der Waals surface area contributed by atoms with Gasteiger partial charge in [0, 0.05) is 0 Å². The van der Waals surface area contributed by atoms with E-state index in [1.807, 2.05) is 0 Å². The molecule has 0 amide bonds. The van der Waals surface area contributed by atoms with E-state index < -0.39 is 105 Å². The van der Waals surface area contributed by atoms with Crippen molar-refractivity contribution in [2.45, 2.75) is 92.1 Å². The summed E-state index contributed by atoms with van der Waals surface area (Å²) in [7, 11) is 0. The Morgan fingerprint density at radius 3 is 1.88 bits per heavy atom. The molecule has 0 aliphatic carbocycles. The van der Waals surface area contributed by atoms with Crippen molar-refractivity contribution >= 4 is 0 Å². The molecule has 4 aliphatic heterocycles. The Balaban J connectivity index is 1.42. The lowest BCUT2D eigenvalue weighted by Gasteiger charge is -2.45. The first-order valence-electron chi connectivity index (χ1n) is 10.5. The van der Waals surface area contributed by atoms with Crippen LogP contribution in [0.3, 0.4) is 0 Å². The van der Waals surface area contributed by atoms with E-state index in [4.69, 9.17) is 28.4 Å². The van der Waals surface area contributed by atoms with Gasteiger partial charge in [-0.2, -0.15) is 0 Å². The molecule has 33 heavy (non-hydrogen) atoms. The largest absolute Gasteiger partial charge is 0.394 e. The average Bonchev–Trinajstić information content (AvgIpc) is 3.11. The number of fused-ring (bicyclic) bond motifs is 2. The number of aliphatic hydroxyl groups excluding tert-OH is 9. The Morgan fingerprint density at radius 1 is 0.606 bits per heavy atom. The minimum absolute atomic E-state index is 0.0650. The highest BCUT2D eigenvalue weighted by Crippen LogP contribution is 2.36. The molecular formula is C18H30O15. The molecule has 0 aromatic rings. The van der Waals surface area contributed by atoms with E-state index in [1.54, 1.807) is 0 Å². The maximum absolute atomic E-state index is 10.7. The molecule has 192 valence electrons. The lowest BCUT2D eigenvalue weighted by atomic mass is 9.97. The molecule has 0 saturated carbocycles. The summed E-state index contributed by atoms with van der Waals surface area (Å²) in [6.07, 6.45) is -21.2. The molecule has 9 N–H and O–H groups in total. The molecule has 4 aliphatic rings. The van der Waals surface area contributed by atoms with Crippen molar-refractivity contribution in [1.82, 2.24) is 0 Å². The van der Waals surface area contributed by atoms with Crippen LogP contribution in [0, 0.1) is 0 Å². The molecule has 4 saturated heterocycles. The van der Waals surface area contributed by atoms with Gasteiger partial charge < -0.3 is 74.4 Å². The first-order chi connectivity index (χ1) is 15.7. The standard InChI is InChI=1S/C18H30O15/c19-1-4-7(21)9(23)10(24)17(30-4)32-13-6-3-28-15(13)12(26)18(31-6)33-14-8(22)5(2-20)29-16(27)11(14)25/h4-27H,1-3H2/t4-,5-,6+,7+,8+,9+,10-,11-,12+,13?,14+,15+,16-,17+,18+/m1/s1. The quantitative estimate of drug-likeness (QED) is 0.170. The Kier molecular flexibility index (Phi) is 7.86. The molecule has 0 spiro atoms. The zero-order valence-electron chi connectivity index (χ0n) is 17.3. The highest BCUT2D eigenvalue weighted by atomic mass is 16.8. The Bertz CT molecular complexity index is 652. The highest BCUT2D eigenvalue weighted by Gasteiger charge is 2.56. The van der Waals surface area contributed by atoms with Crippen molar-refractivity contribution in [3.05, 3.63) is 0 Å². The van der Waals surface area contributed by atoms with Gasteiger partial charge in [-0.15, -0.1) is 0 Å². The van der Waals surface area contributed by atoms with Gasteiger partial charge in [0.2, 0.25) is 0 Å². The van der Waals surface area contributed by atoms with Crippen LogP contribution in [0.2, 0.25) is 0 Å². The van der Waals surface area contributed by atoms with E-state index in [9.17, 15) is 46.0 Å². The van der Waals surface area contributed by atoms with Crippen LogP contribution in [0.15, 0.2) is 0 Å². The molecule has 2 bridgehead atoms. The van der Waals surface area contributed by atoms with E-state index in [-0.39, 0.29) is 6.61 Å². The summed E-state index contributed by atoms with van der Waals surface area (Å²) in [5, 5.41) is 89.5. The third-order valence-electron chi connectivity index (χ3n) is 6.34. The van der Waals surface area contributed by atoms with E-state index in [1.165, 1.54) is 0 Å². The van der Waals surface area contributed by atoms with Crippen molar-refractivity contribution in [3.63, 3.8) is 0 Å². The van der Waals surface area contributed by atoms with Gasteiger partial charge in [0.1, 0.15) is 73.2 Å². The van der Waals surface area contributed by atoms with E-state index in [0.29, 0.717) is 0 Å². The number of aliphatic hydroxyl groups is 9. The first kappa shape index (κ1) is 25.5. The lowest BCUT2D eigenvalue weighted by molar-refractivity contribution is -0.360. The van der Waals surface area contributed by atoms with Crippen molar-refractivity contribution < 1.29 is 74.4 Å². The number of ether oxygens (including phenoxy) is 6. The molecule has 15 atom stereocenters. The second-order valence-electron chi connectivity index (χ2n) is 8.46. The van der Waals surface area contributed by atoms with Crippen LogP contribution in [-0.4, -0.2) is 158 Å². The summed E-state index contributed by atoms with van der Waals surface area (Å²) in [5.74, 6) is 0. The summed E-state index contributed by atoms with van der Waals surface area (Å²) in [5.41, 5.74) is 0. The van der Waals surface area contributed by atoms with Gasteiger partial charge in [-0.25, -0.2) is 0 Å². The van der Waals surface area contributed by atoms with Crippen molar-refractivity contribution in [3.8, 4) is 0 Å². The summed E-state index contributed by atoms with van der Waals surface area (Å²) < 4.78 is 32.6. The first-order valence-corrected chi connectivity index (χ1v) is 10.5. The molecule has 0 aromatic heterocycles. The molecule has 15 nitrogen and oxygen atoms in total. The predicted molar refractivity (Wildman–Crippen MR) is 97.9 cm³/mol. The molecule has 15 heteroatoms. The van der Waals surface area contributed by atoms with Gasteiger partial charge in [0.05, 0.1) is 19.8 Å². The molecule has 1 unspecified atom stereocenters. The summed E-state index contributed by atoms with van der Waals surface area (Å²) in [4.78, 5) is 0. The third kappa shape index (κ3) is 4.65. The van der Waals surface area contributed by atoms with Crippen LogP contribution in [-0.2, 0) is 28.4 Å². The van der Waals surface area contributed by atoms with E-state index in [2.05, 4.69) is 0 Å². The topological polar surface area (TPSA) is 237 Å². The van der Waals surface area contributed by atoms with Crippen LogP contribution in [0.1, 0.15) is 0 Å². The second kappa shape index (κ2) is 10.2. The molecule has 4 heterocycles. The summed E-state index contributed by atoms with van der Waals surface area (Å²) in [6.45, 7) is -1.38. The van der Waals surface area contributed by atoms with Crippen LogP contribution < -0.4 is 0 Å². The lowest BCUT2D eigenvalue weighted by Crippen LogP contribution is -2.64. The van der Waals surface area contributed by atoms with Crippen molar-refractivity contribution in [2.24, 2.45) is 0 Å². The second-order valence-corrected chi connectivity index (χ2v) is 8.46. The summed E-state index contributed by atoms with van der Waals surface area (Å²) in [6, 6.07) is 0. The fourth-order valence-corrected chi connectivity index (χ4v) is 4.42. The van der Waals surface area contributed by atoms with Crippen molar-refractivity contribution in [2.75, 3.05) is 19.8 Å². The monoisotopic (exact) mass is 486 g/mol. The summed E-state index contributed by atoms with van der Waals surface area (Å²) >= 11 is 0. The fraction of sp³-hybridized carbons (Fsp3) is 1.00. The molecule has 0 radical (unpaired) electrons. The van der Waals surface area contributed by atoms with Gasteiger partial charge in [0.15, 0.2) is 18.9 Å². The third-order valence-corrected chi connectivity index (χ3v) is 6.34. The average molecular weight is 486 g/mol. The zero-order chi connectivity index (χ0) is 24.0. The van der Waals surface area contributed by atoms with E-state index >= 15 is 0 Å². The SMILES string of the molecule is OC[C@H]1O[C@@H](OC2[C@@H]3CO[C@H]2[C@H](O)[C@H](O[C@@H]2[C@@H](O)[C@H](O)O[C@H](CO)[C@@H]2O)O3)[C@H](O)[C@@H](O)[C@H]1O. The van der Waals surface area contributed by atoms with E-state index in [0.717, 1.165) is 0 Å². The van der Waals surface area contributed by atoms with Crippen LogP contribution in [0.5, 0.6) is 0 Å². The minimum atomic E-state index is -1.76. The van der Waals surface area contributed by atoms with Gasteiger partial charge >= 0.3 is 0 Å². The minimum Gasteiger partial charge on any atom is -0.394 e. The Morgan fingerprint density at radius 2 is 1.21 bits per heavy atom. The fourth-order valence-electron chi connectivity index (χ4n) is 4.42. The van der Waals surface area contributed by atoms with Gasteiger partial charge in [0.25, 0.3) is 0 Å². The van der Waals surface area contributed by atoms with Crippen molar-refractivity contribution in [1.29, 1.82) is 0 Å². The zero-order valence-corrected chi connectivity index (χ0v) is 17.3. The van der Waals surface area contributed by atoms with Crippen LogP contribution in [0.25, 0.3) is 0 Å². The van der Waals surface area contributed by atoms with Gasteiger partial charge in [-0.1, -0.05) is 0 Å². The maximum Gasteiger partial charge on any atom is 0.187 e. The van der Waals surface area contributed by atoms with Gasteiger partial charge in [-0.05, 0) is 0 Å². The Hall–Kier alpha value is -0.600.